The molecule has 0 aliphatic heterocycles. The van der Waals surface area contributed by atoms with Crippen molar-refractivity contribution in [2.75, 3.05) is 0 Å². The Hall–Kier alpha value is -1.42. The van der Waals surface area contributed by atoms with Crippen LogP contribution in [0.15, 0.2) is 31.1 Å². The van der Waals surface area contributed by atoms with Crippen molar-refractivity contribution in [3.05, 3.63) is 36.7 Å². The lowest BCUT2D eigenvalue weighted by Gasteiger charge is -2.04. The van der Waals surface area contributed by atoms with Crippen LogP contribution in [-0.2, 0) is 5.88 Å². The third kappa shape index (κ3) is 1.53. The summed E-state index contributed by atoms with van der Waals surface area (Å²) in [5.74, 6) is 0.420. The van der Waals surface area contributed by atoms with E-state index in [9.17, 15) is 0 Å². The summed E-state index contributed by atoms with van der Waals surface area (Å²) in [5, 5.41) is 4.01. The van der Waals surface area contributed by atoms with Gasteiger partial charge < -0.3 is 0 Å². The molecular formula is C8H7ClN4. The number of nitrogens with zero attached hydrogens (tertiary/aromatic N) is 4. The maximum Gasteiger partial charge on any atom is 0.138 e. The minimum absolute atomic E-state index is 0.420. The fourth-order valence-electron chi connectivity index (χ4n) is 1.08. The van der Waals surface area contributed by atoms with Crippen molar-refractivity contribution in [1.29, 1.82) is 0 Å². The Morgan fingerprint density at radius 2 is 2.31 bits per heavy atom. The molecule has 0 saturated carbocycles. The average Bonchev–Trinajstić information content (AvgIpc) is 2.70. The van der Waals surface area contributed by atoms with Gasteiger partial charge in [-0.3, -0.25) is 4.98 Å². The largest absolute Gasteiger partial charge is 0.264 e. The zero-order valence-electron chi connectivity index (χ0n) is 6.76. The molecule has 5 heteroatoms. The molecule has 0 spiro atoms. The molecule has 0 aliphatic rings. The van der Waals surface area contributed by atoms with Gasteiger partial charge in [-0.05, 0) is 6.07 Å². The molecular weight excluding hydrogens is 188 g/mol. The molecule has 2 aromatic heterocycles. The van der Waals surface area contributed by atoms with E-state index in [0.29, 0.717) is 5.88 Å². The molecule has 0 N–H and O–H groups in total. The van der Waals surface area contributed by atoms with Crippen LogP contribution in [0.25, 0.3) is 5.69 Å². The second-order valence-corrected chi connectivity index (χ2v) is 2.75. The summed E-state index contributed by atoms with van der Waals surface area (Å²) in [7, 11) is 0. The summed E-state index contributed by atoms with van der Waals surface area (Å²) in [6, 6.07) is 1.85. The second kappa shape index (κ2) is 3.53. The van der Waals surface area contributed by atoms with E-state index in [1.165, 1.54) is 6.33 Å². The first-order valence-corrected chi connectivity index (χ1v) is 4.29. The zero-order chi connectivity index (χ0) is 9.10. The van der Waals surface area contributed by atoms with Gasteiger partial charge in [0, 0.05) is 18.0 Å². The van der Waals surface area contributed by atoms with E-state index in [-0.39, 0.29) is 0 Å². The zero-order valence-corrected chi connectivity index (χ0v) is 7.52. The van der Waals surface area contributed by atoms with E-state index in [0.717, 1.165) is 11.3 Å². The van der Waals surface area contributed by atoms with Gasteiger partial charge in [0.05, 0.1) is 11.6 Å². The van der Waals surface area contributed by atoms with Crippen LogP contribution < -0.4 is 0 Å². The lowest BCUT2D eigenvalue weighted by atomic mass is 10.2. The Balaban J connectivity index is 2.51. The fourth-order valence-corrected chi connectivity index (χ4v) is 1.28. The molecule has 0 aromatic carbocycles. The number of rotatable bonds is 2. The molecule has 0 amide bonds. The van der Waals surface area contributed by atoms with Gasteiger partial charge in [-0.2, -0.15) is 5.10 Å². The summed E-state index contributed by atoms with van der Waals surface area (Å²) in [6.07, 6.45) is 6.54. The highest BCUT2D eigenvalue weighted by molar-refractivity contribution is 6.17. The van der Waals surface area contributed by atoms with Crippen molar-refractivity contribution < 1.29 is 0 Å². The molecule has 0 atom stereocenters. The molecule has 2 heterocycles. The molecule has 4 nitrogen and oxygen atoms in total. The number of hydrogen-bond donors (Lipinski definition) is 0. The minimum Gasteiger partial charge on any atom is -0.264 e. The smallest absolute Gasteiger partial charge is 0.138 e. The average molecular weight is 195 g/mol. The molecule has 66 valence electrons. The predicted molar refractivity (Wildman–Crippen MR) is 48.7 cm³/mol. The highest BCUT2D eigenvalue weighted by atomic mass is 35.5. The quantitative estimate of drug-likeness (QED) is 0.679. The second-order valence-electron chi connectivity index (χ2n) is 2.48. The summed E-state index contributed by atoms with van der Waals surface area (Å²) in [5.41, 5.74) is 1.86. The van der Waals surface area contributed by atoms with Gasteiger partial charge in [0.15, 0.2) is 0 Å². The van der Waals surface area contributed by atoms with Crippen molar-refractivity contribution in [3.63, 3.8) is 0 Å². The maximum atomic E-state index is 5.75. The fraction of sp³-hybridized carbons (Fsp3) is 0.125. The van der Waals surface area contributed by atoms with Crippen LogP contribution in [-0.4, -0.2) is 19.7 Å². The van der Waals surface area contributed by atoms with Crippen LogP contribution in [0.1, 0.15) is 5.56 Å². The number of hydrogen-bond acceptors (Lipinski definition) is 3. The first kappa shape index (κ1) is 8.19. The van der Waals surface area contributed by atoms with Crippen molar-refractivity contribution >= 4 is 11.6 Å². The Morgan fingerprint density at radius 3 is 3.00 bits per heavy atom. The van der Waals surface area contributed by atoms with Crippen molar-refractivity contribution in [2.24, 2.45) is 0 Å². The first-order chi connectivity index (χ1) is 6.42. The first-order valence-electron chi connectivity index (χ1n) is 3.75. The summed E-state index contributed by atoms with van der Waals surface area (Å²) in [6.45, 7) is 0. The maximum absolute atomic E-state index is 5.75. The minimum atomic E-state index is 0.420. The van der Waals surface area contributed by atoms with Crippen molar-refractivity contribution in [3.8, 4) is 5.69 Å². The summed E-state index contributed by atoms with van der Waals surface area (Å²) in [4.78, 5) is 7.84. The van der Waals surface area contributed by atoms with Gasteiger partial charge in [0.2, 0.25) is 0 Å². The highest BCUT2D eigenvalue weighted by Gasteiger charge is 2.02. The van der Waals surface area contributed by atoms with Gasteiger partial charge in [0.25, 0.3) is 0 Å². The molecule has 0 radical (unpaired) electrons. The van der Waals surface area contributed by atoms with Crippen LogP contribution in [0.3, 0.4) is 0 Å². The van der Waals surface area contributed by atoms with Crippen molar-refractivity contribution in [2.45, 2.75) is 5.88 Å². The molecule has 13 heavy (non-hydrogen) atoms. The molecule has 0 fully saturated rings. The van der Waals surface area contributed by atoms with Gasteiger partial charge in [-0.25, -0.2) is 9.67 Å². The van der Waals surface area contributed by atoms with E-state index < -0.39 is 0 Å². The van der Waals surface area contributed by atoms with E-state index >= 15 is 0 Å². The van der Waals surface area contributed by atoms with Gasteiger partial charge in [0.1, 0.15) is 12.7 Å². The van der Waals surface area contributed by atoms with Crippen LogP contribution in [0.5, 0.6) is 0 Å². The van der Waals surface area contributed by atoms with E-state index in [2.05, 4.69) is 15.1 Å². The monoisotopic (exact) mass is 194 g/mol. The van der Waals surface area contributed by atoms with Crippen LogP contribution in [0.4, 0.5) is 0 Å². The number of halogens is 1. The van der Waals surface area contributed by atoms with Gasteiger partial charge >= 0.3 is 0 Å². The van der Waals surface area contributed by atoms with Crippen LogP contribution in [0.2, 0.25) is 0 Å². The standard InChI is InChI=1S/C8H7ClN4/c9-3-7-4-10-2-1-8(7)13-6-11-5-12-13/h1-2,4-6H,3H2. The van der Waals surface area contributed by atoms with Gasteiger partial charge in [-0.1, -0.05) is 0 Å². The van der Waals surface area contributed by atoms with E-state index in [1.54, 1.807) is 23.4 Å². The van der Waals surface area contributed by atoms with Crippen LogP contribution in [0, 0.1) is 0 Å². The number of aromatic nitrogens is 4. The van der Waals surface area contributed by atoms with E-state index in [1.807, 2.05) is 6.07 Å². The third-order valence-electron chi connectivity index (χ3n) is 1.69. The molecule has 0 aliphatic carbocycles. The Kier molecular flexibility index (Phi) is 2.23. The Morgan fingerprint density at radius 1 is 1.38 bits per heavy atom. The summed E-state index contributed by atoms with van der Waals surface area (Å²) < 4.78 is 1.67. The molecule has 0 saturated heterocycles. The lowest BCUT2D eigenvalue weighted by molar-refractivity contribution is 0.865. The van der Waals surface area contributed by atoms with Crippen molar-refractivity contribution in [1.82, 2.24) is 19.7 Å². The normalized spacial score (nSPS) is 10.2. The predicted octanol–water partition coefficient (Wildman–Crippen LogP) is 1.40. The molecule has 0 bridgehead atoms. The Bertz CT molecular complexity index is 385. The van der Waals surface area contributed by atoms with Crippen LogP contribution >= 0.6 is 11.6 Å². The Labute approximate surface area is 80.2 Å². The number of alkyl halides is 1. The lowest BCUT2D eigenvalue weighted by Crippen LogP contribution is -1.99. The van der Waals surface area contributed by atoms with E-state index in [4.69, 9.17) is 11.6 Å². The topological polar surface area (TPSA) is 43.6 Å². The summed E-state index contributed by atoms with van der Waals surface area (Å²) >= 11 is 5.75. The third-order valence-corrected chi connectivity index (χ3v) is 1.98. The highest BCUT2D eigenvalue weighted by Crippen LogP contribution is 2.12. The van der Waals surface area contributed by atoms with Gasteiger partial charge in [-0.15, -0.1) is 11.6 Å². The molecule has 0 unspecified atom stereocenters. The number of pyridine rings is 1. The molecule has 2 rings (SSSR count). The SMILES string of the molecule is ClCc1cnccc1-n1cncn1. The molecule has 2 aromatic rings.